The van der Waals surface area contributed by atoms with E-state index in [0.29, 0.717) is 38.6 Å². The molecule has 0 amide bonds. The Hall–Kier alpha value is -1.27. The largest absolute Gasteiger partial charge is 0.491 e. The van der Waals surface area contributed by atoms with Crippen molar-refractivity contribution in [3.8, 4) is 5.75 Å². The molecule has 1 aliphatic heterocycles. The second-order valence-corrected chi connectivity index (χ2v) is 7.62. The molecule has 0 bridgehead atoms. The topological polar surface area (TPSA) is 58.1 Å². The molecule has 1 aromatic rings. The molecule has 6 nitrogen and oxygen atoms in total. The van der Waals surface area contributed by atoms with E-state index < -0.39 is 12.7 Å². The van der Waals surface area contributed by atoms with E-state index in [1.807, 2.05) is 25.1 Å². The van der Waals surface area contributed by atoms with Crippen LogP contribution in [-0.4, -0.2) is 70.1 Å². The molecule has 0 aliphatic carbocycles. The highest BCUT2D eigenvalue weighted by atomic mass is 127. The van der Waals surface area contributed by atoms with E-state index in [4.69, 9.17) is 9.47 Å². The minimum Gasteiger partial charge on any atom is -0.491 e. The van der Waals surface area contributed by atoms with Crippen LogP contribution in [0.1, 0.15) is 30.4 Å². The summed E-state index contributed by atoms with van der Waals surface area (Å²) in [5.41, 5.74) is 2.12. The molecule has 1 heterocycles. The predicted molar refractivity (Wildman–Crippen MR) is 127 cm³/mol. The van der Waals surface area contributed by atoms with Gasteiger partial charge in [-0.05, 0) is 51.4 Å². The van der Waals surface area contributed by atoms with Gasteiger partial charge >= 0.3 is 6.18 Å². The number of aryl methyl sites for hydroxylation is 1. The molecule has 1 fully saturated rings. The van der Waals surface area contributed by atoms with Gasteiger partial charge in [-0.2, -0.15) is 13.2 Å². The molecule has 0 aromatic heterocycles. The summed E-state index contributed by atoms with van der Waals surface area (Å²) in [5, 5.41) is 6.37. The number of ether oxygens (including phenoxy) is 2. The van der Waals surface area contributed by atoms with E-state index in [1.165, 1.54) is 11.9 Å². The fourth-order valence-electron chi connectivity index (χ4n) is 3.24. The van der Waals surface area contributed by atoms with Crippen molar-refractivity contribution >= 4 is 29.9 Å². The first-order valence-corrected chi connectivity index (χ1v) is 10.3. The average Bonchev–Trinajstić information content (AvgIpc) is 3.19. The van der Waals surface area contributed by atoms with Crippen LogP contribution in [0.15, 0.2) is 23.2 Å². The Kier molecular flexibility index (Phi) is 12.5. The lowest BCUT2D eigenvalue weighted by Crippen LogP contribution is -2.39. The van der Waals surface area contributed by atoms with Crippen LogP contribution in [0, 0.1) is 6.92 Å². The number of benzene rings is 1. The lowest BCUT2D eigenvalue weighted by molar-refractivity contribution is -0.143. The number of alkyl halides is 3. The quantitative estimate of drug-likeness (QED) is 0.199. The first-order chi connectivity index (χ1) is 14.3. The second-order valence-electron chi connectivity index (χ2n) is 7.62. The van der Waals surface area contributed by atoms with Crippen LogP contribution in [0.5, 0.6) is 5.75 Å². The Balaban J connectivity index is 0.00000480. The molecule has 1 aromatic carbocycles. The number of nitrogens with one attached hydrogen (secondary N) is 2. The standard InChI is InChI=1S/C21H33F3N4O2.HI/c1-16-7-8-17(19(12-16)30-14-18-6-4-11-29-18)13-27-20(25-2)26-9-5-10-28(3)15-21(22,23)24;/h7-8,12,18H,4-6,9-11,13-15H2,1-3H3,(H2,25,26,27);1H. The number of rotatable bonds is 10. The smallest absolute Gasteiger partial charge is 0.401 e. The molecule has 1 atom stereocenters. The highest BCUT2D eigenvalue weighted by Gasteiger charge is 2.28. The predicted octanol–water partition coefficient (Wildman–Crippen LogP) is 3.72. The molecule has 1 unspecified atom stereocenters. The fraction of sp³-hybridized carbons (Fsp3) is 0.667. The van der Waals surface area contributed by atoms with Crippen LogP contribution in [-0.2, 0) is 11.3 Å². The van der Waals surface area contributed by atoms with Gasteiger partial charge in [-0.3, -0.25) is 9.89 Å². The normalized spacial score (nSPS) is 16.9. The number of aliphatic imine (C=N–C) groups is 1. The molecule has 0 radical (unpaired) electrons. The lowest BCUT2D eigenvalue weighted by atomic mass is 10.1. The highest BCUT2D eigenvalue weighted by molar-refractivity contribution is 14.0. The number of guanidine groups is 1. The van der Waals surface area contributed by atoms with Gasteiger partial charge in [0.2, 0.25) is 0 Å². The molecule has 0 spiro atoms. The molecule has 31 heavy (non-hydrogen) atoms. The average molecular weight is 558 g/mol. The number of hydrogen-bond acceptors (Lipinski definition) is 4. The van der Waals surface area contributed by atoms with Gasteiger partial charge in [-0.15, -0.1) is 24.0 Å². The van der Waals surface area contributed by atoms with Gasteiger partial charge in [0.1, 0.15) is 12.4 Å². The summed E-state index contributed by atoms with van der Waals surface area (Å²) < 4.78 is 48.7. The summed E-state index contributed by atoms with van der Waals surface area (Å²) in [6, 6.07) is 6.06. The monoisotopic (exact) mass is 558 g/mol. The molecule has 1 saturated heterocycles. The SMILES string of the molecule is CN=C(NCCCN(C)CC(F)(F)F)NCc1ccc(C)cc1OCC1CCCO1.I. The van der Waals surface area contributed by atoms with Gasteiger partial charge in [0.05, 0.1) is 12.6 Å². The maximum absolute atomic E-state index is 12.4. The number of nitrogens with zero attached hydrogens (tertiary/aromatic N) is 2. The first-order valence-electron chi connectivity index (χ1n) is 10.3. The van der Waals surface area contributed by atoms with E-state index in [2.05, 4.69) is 15.6 Å². The summed E-state index contributed by atoms with van der Waals surface area (Å²) in [7, 11) is 3.13. The molecule has 0 saturated carbocycles. The zero-order valence-corrected chi connectivity index (χ0v) is 20.8. The van der Waals surface area contributed by atoms with Crippen molar-refractivity contribution < 1.29 is 22.6 Å². The van der Waals surface area contributed by atoms with E-state index in [-0.39, 0.29) is 30.1 Å². The van der Waals surface area contributed by atoms with Crippen molar-refractivity contribution in [2.45, 2.75) is 45.0 Å². The van der Waals surface area contributed by atoms with Crippen molar-refractivity contribution in [3.63, 3.8) is 0 Å². The summed E-state index contributed by atoms with van der Waals surface area (Å²) in [6.07, 6.45) is -1.35. The molecule has 2 rings (SSSR count). The second kappa shape index (κ2) is 14.0. The van der Waals surface area contributed by atoms with Gasteiger partial charge in [-0.1, -0.05) is 12.1 Å². The van der Waals surface area contributed by atoms with Crippen LogP contribution in [0.2, 0.25) is 0 Å². The zero-order chi connectivity index (χ0) is 22.0. The Morgan fingerprint density at radius 1 is 1.32 bits per heavy atom. The van der Waals surface area contributed by atoms with Crippen molar-refractivity contribution in [2.75, 3.05) is 46.9 Å². The van der Waals surface area contributed by atoms with E-state index in [1.54, 1.807) is 7.05 Å². The number of halogens is 4. The Morgan fingerprint density at radius 2 is 2.10 bits per heavy atom. The van der Waals surface area contributed by atoms with Gasteiger partial charge < -0.3 is 20.1 Å². The third kappa shape index (κ3) is 11.2. The maximum atomic E-state index is 12.4. The van der Waals surface area contributed by atoms with Gasteiger partial charge in [-0.25, -0.2) is 0 Å². The number of hydrogen-bond donors (Lipinski definition) is 2. The van der Waals surface area contributed by atoms with Crippen LogP contribution in [0.25, 0.3) is 0 Å². The molecular formula is C21H34F3IN4O2. The molecule has 178 valence electrons. The molecule has 2 N–H and O–H groups in total. The van der Waals surface area contributed by atoms with E-state index in [0.717, 1.165) is 36.3 Å². The maximum Gasteiger partial charge on any atom is 0.401 e. The fourth-order valence-corrected chi connectivity index (χ4v) is 3.24. The van der Waals surface area contributed by atoms with Gasteiger partial charge in [0, 0.05) is 32.3 Å². The van der Waals surface area contributed by atoms with Crippen molar-refractivity contribution in [3.05, 3.63) is 29.3 Å². The van der Waals surface area contributed by atoms with Crippen LogP contribution in [0.3, 0.4) is 0 Å². The summed E-state index contributed by atoms with van der Waals surface area (Å²) in [4.78, 5) is 5.44. The zero-order valence-electron chi connectivity index (χ0n) is 18.4. The van der Waals surface area contributed by atoms with Crippen molar-refractivity contribution in [2.24, 2.45) is 4.99 Å². The van der Waals surface area contributed by atoms with Crippen LogP contribution < -0.4 is 15.4 Å². The minimum atomic E-state index is -4.17. The highest BCUT2D eigenvalue weighted by Crippen LogP contribution is 2.22. The molecule has 10 heteroatoms. The summed E-state index contributed by atoms with van der Waals surface area (Å²) in [5.74, 6) is 1.42. The van der Waals surface area contributed by atoms with E-state index >= 15 is 0 Å². The van der Waals surface area contributed by atoms with Gasteiger partial charge in [0.25, 0.3) is 0 Å². The van der Waals surface area contributed by atoms with Crippen molar-refractivity contribution in [1.29, 1.82) is 0 Å². The third-order valence-electron chi connectivity index (χ3n) is 4.80. The summed E-state index contributed by atoms with van der Waals surface area (Å²) in [6.45, 7) is 3.85. The first kappa shape index (κ1) is 27.8. The Bertz CT molecular complexity index is 683. The lowest BCUT2D eigenvalue weighted by Gasteiger charge is -2.19. The van der Waals surface area contributed by atoms with Crippen LogP contribution >= 0.6 is 24.0 Å². The third-order valence-corrected chi connectivity index (χ3v) is 4.80. The van der Waals surface area contributed by atoms with Gasteiger partial charge in [0.15, 0.2) is 5.96 Å². The Morgan fingerprint density at radius 3 is 2.74 bits per heavy atom. The molecular weight excluding hydrogens is 524 g/mol. The summed E-state index contributed by atoms with van der Waals surface area (Å²) >= 11 is 0. The van der Waals surface area contributed by atoms with E-state index in [9.17, 15) is 13.2 Å². The minimum absolute atomic E-state index is 0. The van der Waals surface area contributed by atoms with Crippen LogP contribution in [0.4, 0.5) is 13.2 Å². The Labute approximate surface area is 200 Å². The molecule has 1 aliphatic rings. The van der Waals surface area contributed by atoms with Crippen molar-refractivity contribution in [1.82, 2.24) is 15.5 Å².